The van der Waals surface area contributed by atoms with Crippen LogP contribution in [0.25, 0.3) is 83.2 Å². The van der Waals surface area contributed by atoms with Crippen molar-refractivity contribution in [3.05, 3.63) is 158 Å². The van der Waals surface area contributed by atoms with Crippen LogP contribution in [0, 0.1) is 0 Å². The standard InChI is InChI=1S/C41H26N4/c1-3-14-28(15-4-1)39-42-40(29-16-5-2-6-17-29)44-41(43-39)38-32-20-10-9-13-27(32)23-24-36(38)45-35-22-12-11-21-33(35)34-25-30-18-7-8-19-31(30)26-37(34)45/h1-26H. The Morgan fingerprint density at radius 2 is 0.889 bits per heavy atom. The molecule has 7 aromatic carbocycles. The van der Waals surface area contributed by atoms with Gasteiger partial charge in [-0.25, -0.2) is 15.0 Å². The molecule has 0 amide bonds. The summed E-state index contributed by atoms with van der Waals surface area (Å²) in [5, 5.41) is 7.08. The Bertz CT molecular complexity index is 2470. The van der Waals surface area contributed by atoms with Gasteiger partial charge in [0.1, 0.15) is 0 Å². The smallest absolute Gasteiger partial charge is 0.166 e. The molecular formula is C41H26N4. The molecule has 0 saturated carbocycles. The normalized spacial score (nSPS) is 11.6. The third kappa shape index (κ3) is 4.19. The second-order valence-corrected chi connectivity index (χ2v) is 11.3. The minimum atomic E-state index is 0.640. The van der Waals surface area contributed by atoms with Crippen LogP contribution in [0.5, 0.6) is 0 Å². The predicted octanol–water partition coefficient (Wildman–Crippen LogP) is 10.3. The number of hydrogen-bond acceptors (Lipinski definition) is 3. The first kappa shape index (κ1) is 25.4. The molecule has 0 spiro atoms. The third-order valence-electron chi connectivity index (χ3n) is 8.61. The first-order valence-electron chi connectivity index (χ1n) is 15.1. The van der Waals surface area contributed by atoms with Gasteiger partial charge >= 0.3 is 0 Å². The average Bonchev–Trinajstić information content (AvgIpc) is 3.43. The highest BCUT2D eigenvalue weighted by Gasteiger charge is 2.21. The van der Waals surface area contributed by atoms with E-state index < -0.39 is 0 Å². The summed E-state index contributed by atoms with van der Waals surface area (Å²) in [6.45, 7) is 0. The molecule has 0 atom stereocenters. The molecule has 0 aliphatic heterocycles. The zero-order valence-corrected chi connectivity index (χ0v) is 24.3. The van der Waals surface area contributed by atoms with E-state index in [0.29, 0.717) is 17.5 Å². The lowest BCUT2D eigenvalue weighted by atomic mass is 10.0. The average molecular weight is 575 g/mol. The maximum Gasteiger partial charge on any atom is 0.166 e. The van der Waals surface area contributed by atoms with Crippen molar-refractivity contribution in [3.63, 3.8) is 0 Å². The predicted molar refractivity (Wildman–Crippen MR) is 185 cm³/mol. The van der Waals surface area contributed by atoms with Crippen molar-refractivity contribution in [3.8, 4) is 39.9 Å². The van der Waals surface area contributed by atoms with Gasteiger partial charge in [-0.1, -0.05) is 133 Å². The molecule has 0 radical (unpaired) electrons. The maximum absolute atomic E-state index is 5.19. The van der Waals surface area contributed by atoms with E-state index in [9.17, 15) is 0 Å². The van der Waals surface area contributed by atoms with E-state index in [0.717, 1.165) is 44.2 Å². The van der Waals surface area contributed by atoms with Crippen molar-refractivity contribution in [2.75, 3.05) is 0 Å². The molecule has 45 heavy (non-hydrogen) atoms. The fraction of sp³-hybridized carbons (Fsp3) is 0. The third-order valence-corrected chi connectivity index (χ3v) is 8.61. The van der Waals surface area contributed by atoms with Crippen molar-refractivity contribution < 1.29 is 0 Å². The fourth-order valence-corrected chi connectivity index (χ4v) is 6.52. The largest absolute Gasteiger partial charge is 0.308 e. The minimum Gasteiger partial charge on any atom is -0.308 e. The highest BCUT2D eigenvalue weighted by atomic mass is 15.1. The lowest BCUT2D eigenvalue weighted by molar-refractivity contribution is 1.07. The lowest BCUT2D eigenvalue weighted by Crippen LogP contribution is -2.04. The molecule has 210 valence electrons. The molecule has 0 saturated heterocycles. The molecule has 0 unspecified atom stereocenters. The summed E-state index contributed by atoms with van der Waals surface area (Å²) < 4.78 is 2.38. The Morgan fingerprint density at radius 3 is 1.58 bits per heavy atom. The molecule has 0 bridgehead atoms. The van der Waals surface area contributed by atoms with E-state index >= 15 is 0 Å². The minimum absolute atomic E-state index is 0.640. The first-order chi connectivity index (χ1) is 22.3. The molecule has 0 aliphatic carbocycles. The molecule has 9 aromatic rings. The highest BCUT2D eigenvalue weighted by Crippen LogP contribution is 2.40. The summed E-state index contributed by atoms with van der Waals surface area (Å²) in [4.78, 5) is 15.4. The van der Waals surface area contributed by atoms with E-state index in [2.05, 4.69) is 126 Å². The number of fused-ring (bicyclic) bond motifs is 5. The maximum atomic E-state index is 5.19. The molecule has 0 fully saturated rings. The molecule has 0 N–H and O–H groups in total. The number of nitrogens with zero attached hydrogens (tertiary/aromatic N) is 4. The van der Waals surface area contributed by atoms with Crippen LogP contribution in [0.4, 0.5) is 0 Å². The summed E-state index contributed by atoms with van der Waals surface area (Å²) in [6.07, 6.45) is 0. The van der Waals surface area contributed by atoms with Crippen LogP contribution in [-0.2, 0) is 0 Å². The van der Waals surface area contributed by atoms with Gasteiger partial charge in [0.15, 0.2) is 17.5 Å². The van der Waals surface area contributed by atoms with E-state index in [4.69, 9.17) is 15.0 Å². The van der Waals surface area contributed by atoms with Gasteiger partial charge in [0.05, 0.1) is 22.3 Å². The molecule has 2 aromatic heterocycles. The van der Waals surface area contributed by atoms with Crippen LogP contribution in [0.1, 0.15) is 0 Å². The Hall–Kier alpha value is -6.13. The Morgan fingerprint density at radius 1 is 0.356 bits per heavy atom. The summed E-state index contributed by atoms with van der Waals surface area (Å²) in [5.74, 6) is 1.93. The number of para-hydroxylation sites is 1. The van der Waals surface area contributed by atoms with Crippen LogP contribution in [0.15, 0.2) is 158 Å². The Labute approximate surface area is 259 Å². The number of rotatable bonds is 4. The number of hydrogen-bond donors (Lipinski definition) is 0. The fourth-order valence-electron chi connectivity index (χ4n) is 6.52. The summed E-state index contributed by atoms with van der Waals surface area (Å²) in [5.41, 5.74) is 6.18. The summed E-state index contributed by atoms with van der Waals surface area (Å²) in [6, 6.07) is 55.1. The van der Waals surface area contributed by atoms with Gasteiger partial charge in [-0.3, -0.25) is 0 Å². The Kier molecular flexibility index (Phi) is 5.78. The monoisotopic (exact) mass is 574 g/mol. The first-order valence-corrected chi connectivity index (χ1v) is 15.1. The molecule has 0 aliphatic rings. The van der Waals surface area contributed by atoms with Crippen molar-refractivity contribution in [2.24, 2.45) is 0 Å². The Balaban J connectivity index is 1.42. The SMILES string of the molecule is c1ccc(-c2nc(-c3ccccc3)nc(-c3c(-n4c5ccccc5c5cc6ccccc6cc54)ccc4ccccc34)n2)cc1. The van der Waals surface area contributed by atoms with Gasteiger partial charge in [0, 0.05) is 21.9 Å². The van der Waals surface area contributed by atoms with Crippen LogP contribution >= 0.6 is 0 Å². The second-order valence-electron chi connectivity index (χ2n) is 11.3. The quantitative estimate of drug-likeness (QED) is 0.210. The van der Waals surface area contributed by atoms with Gasteiger partial charge in [-0.15, -0.1) is 0 Å². The zero-order valence-electron chi connectivity index (χ0n) is 24.3. The number of benzene rings is 7. The van der Waals surface area contributed by atoms with Gasteiger partial charge in [-0.2, -0.15) is 0 Å². The summed E-state index contributed by atoms with van der Waals surface area (Å²) >= 11 is 0. The van der Waals surface area contributed by atoms with E-state index in [1.807, 2.05) is 36.4 Å². The summed E-state index contributed by atoms with van der Waals surface area (Å²) in [7, 11) is 0. The highest BCUT2D eigenvalue weighted by molar-refractivity contribution is 6.14. The van der Waals surface area contributed by atoms with E-state index in [-0.39, 0.29) is 0 Å². The van der Waals surface area contributed by atoms with Crippen molar-refractivity contribution in [2.45, 2.75) is 0 Å². The molecule has 4 nitrogen and oxygen atoms in total. The molecule has 4 heteroatoms. The lowest BCUT2D eigenvalue weighted by Gasteiger charge is -2.17. The van der Waals surface area contributed by atoms with Crippen LogP contribution in [0.2, 0.25) is 0 Å². The van der Waals surface area contributed by atoms with Crippen LogP contribution in [0.3, 0.4) is 0 Å². The van der Waals surface area contributed by atoms with Crippen molar-refractivity contribution >= 4 is 43.4 Å². The van der Waals surface area contributed by atoms with Crippen LogP contribution in [-0.4, -0.2) is 19.5 Å². The van der Waals surface area contributed by atoms with Gasteiger partial charge in [0.25, 0.3) is 0 Å². The van der Waals surface area contributed by atoms with Crippen molar-refractivity contribution in [1.82, 2.24) is 19.5 Å². The van der Waals surface area contributed by atoms with Gasteiger partial charge < -0.3 is 4.57 Å². The van der Waals surface area contributed by atoms with Crippen molar-refractivity contribution in [1.29, 1.82) is 0 Å². The second kappa shape index (κ2) is 10.2. The van der Waals surface area contributed by atoms with Crippen LogP contribution < -0.4 is 0 Å². The molecule has 2 heterocycles. The topological polar surface area (TPSA) is 43.6 Å². The molecule has 9 rings (SSSR count). The number of aromatic nitrogens is 4. The zero-order chi connectivity index (χ0) is 29.7. The van der Waals surface area contributed by atoms with Gasteiger partial charge in [-0.05, 0) is 45.8 Å². The molecular weight excluding hydrogens is 548 g/mol. The van der Waals surface area contributed by atoms with Gasteiger partial charge in [0.2, 0.25) is 0 Å². The van der Waals surface area contributed by atoms with E-state index in [1.54, 1.807) is 0 Å². The van der Waals surface area contributed by atoms with E-state index in [1.165, 1.54) is 21.5 Å².